The van der Waals surface area contributed by atoms with Crippen molar-refractivity contribution in [3.63, 3.8) is 0 Å². The number of ether oxygens (including phenoxy) is 1. The van der Waals surface area contributed by atoms with E-state index in [9.17, 15) is 9.18 Å². The van der Waals surface area contributed by atoms with Crippen LogP contribution in [-0.2, 0) is 9.53 Å². The summed E-state index contributed by atoms with van der Waals surface area (Å²) in [5.74, 6) is -0.748. The maximum Gasteiger partial charge on any atom is 0.319 e. The van der Waals surface area contributed by atoms with Crippen molar-refractivity contribution in [1.29, 1.82) is 0 Å². The van der Waals surface area contributed by atoms with Crippen LogP contribution in [0.3, 0.4) is 0 Å². The van der Waals surface area contributed by atoms with Crippen molar-refractivity contribution in [3.05, 3.63) is 22.4 Å². The van der Waals surface area contributed by atoms with E-state index in [0.29, 0.717) is 11.1 Å². The molecule has 1 unspecified atom stereocenters. The molecule has 1 aromatic carbocycles. The zero-order valence-corrected chi connectivity index (χ0v) is 13.3. The summed E-state index contributed by atoms with van der Waals surface area (Å²) in [4.78, 5) is 12.4. The smallest absolute Gasteiger partial charge is 0.319 e. The quantitative estimate of drug-likeness (QED) is 0.365. The number of hydrogen-bond acceptors (Lipinski definition) is 4. The molecule has 0 radical (unpaired) electrons. The molecule has 0 aliphatic carbocycles. The molecule has 0 saturated heterocycles. The van der Waals surface area contributed by atoms with Crippen molar-refractivity contribution >= 4 is 39.3 Å². The van der Waals surface area contributed by atoms with Crippen LogP contribution in [0.2, 0.25) is 0 Å². The molecule has 0 amide bonds. The van der Waals surface area contributed by atoms with Crippen molar-refractivity contribution in [2.24, 2.45) is 0 Å². The van der Waals surface area contributed by atoms with Crippen molar-refractivity contribution < 1.29 is 13.9 Å². The maximum atomic E-state index is 13.2. The molecule has 0 fully saturated rings. The Labute approximate surface area is 125 Å². The third kappa shape index (κ3) is 5.03. The summed E-state index contributed by atoms with van der Waals surface area (Å²) in [7, 11) is 0. The van der Waals surface area contributed by atoms with E-state index >= 15 is 0 Å². The van der Waals surface area contributed by atoms with Gasteiger partial charge in [0.15, 0.2) is 0 Å². The highest BCUT2D eigenvalue weighted by Gasteiger charge is 2.18. The lowest BCUT2D eigenvalue weighted by Crippen LogP contribution is -2.17. The van der Waals surface area contributed by atoms with Crippen LogP contribution in [-0.4, -0.2) is 17.8 Å². The van der Waals surface area contributed by atoms with E-state index in [1.54, 1.807) is 6.92 Å². The molecule has 19 heavy (non-hydrogen) atoms. The monoisotopic (exact) mass is 349 g/mol. The molecule has 0 aliphatic rings. The van der Waals surface area contributed by atoms with Gasteiger partial charge < -0.3 is 10.5 Å². The second kappa shape index (κ2) is 7.75. The van der Waals surface area contributed by atoms with E-state index in [1.165, 1.54) is 23.9 Å². The highest BCUT2D eigenvalue weighted by Crippen LogP contribution is 2.34. The molecule has 3 nitrogen and oxygen atoms in total. The maximum absolute atomic E-state index is 13.2. The normalized spacial score (nSPS) is 12.2. The number of hydrogen-bond donors (Lipinski definition) is 1. The number of anilines is 1. The lowest BCUT2D eigenvalue weighted by Gasteiger charge is -2.12. The van der Waals surface area contributed by atoms with Gasteiger partial charge in [-0.15, -0.1) is 11.8 Å². The SMILES string of the molecule is CCCCOC(=O)C(C)Sc1cc(N)c(F)cc1Br. The number of carbonyl (C=O) groups excluding carboxylic acids is 1. The Balaban J connectivity index is 2.63. The van der Waals surface area contributed by atoms with Crippen LogP contribution < -0.4 is 5.73 Å². The van der Waals surface area contributed by atoms with Gasteiger partial charge in [0.2, 0.25) is 0 Å². The van der Waals surface area contributed by atoms with Crippen molar-refractivity contribution in [3.8, 4) is 0 Å². The van der Waals surface area contributed by atoms with Crippen molar-refractivity contribution in [2.75, 3.05) is 12.3 Å². The number of nitrogens with two attached hydrogens (primary N) is 1. The number of carbonyl (C=O) groups is 1. The van der Waals surface area contributed by atoms with Gasteiger partial charge in [-0.3, -0.25) is 4.79 Å². The number of unbranched alkanes of at least 4 members (excludes halogenated alkanes) is 1. The lowest BCUT2D eigenvalue weighted by atomic mass is 10.3. The molecule has 6 heteroatoms. The molecule has 0 saturated carbocycles. The molecule has 0 spiro atoms. The number of rotatable bonds is 6. The summed E-state index contributed by atoms with van der Waals surface area (Å²) in [6.07, 6.45) is 1.84. The first kappa shape index (κ1) is 16.3. The molecule has 106 valence electrons. The zero-order chi connectivity index (χ0) is 14.4. The summed E-state index contributed by atoms with van der Waals surface area (Å²) in [5.41, 5.74) is 5.58. The molecule has 2 N–H and O–H groups in total. The molecule has 1 aromatic rings. The van der Waals surface area contributed by atoms with Crippen LogP contribution in [0.5, 0.6) is 0 Å². The van der Waals surface area contributed by atoms with Crippen LogP contribution in [0.1, 0.15) is 26.7 Å². The predicted molar refractivity (Wildman–Crippen MR) is 79.7 cm³/mol. The van der Waals surface area contributed by atoms with Crippen LogP contribution in [0, 0.1) is 5.82 Å². The molecule has 0 aliphatic heterocycles. The summed E-state index contributed by atoms with van der Waals surface area (Å²) in [6.45, 7) is 4.22. The molecular weight excluding hydrogens is 333 g/mol. The minimum absolute atomic E-state index is 0.0669. The van der Waals surface area contributed by atoms with Crippen molar-refractivity contribution in [2.45, 2.75) is 36.8 Å². The molecule has 0 heterocycles. The van der Waals surface area contributed by atoms with Gasteiger partial charge in [0, 0.05) is 9.37 Å². The van der Waals surface area contributed by atoms with Crippen LogP contribution in [0.4, 0.5) is 10.1 Å². The minimum Gasteiger partial charge on any atom is -0.465 e. The fourth-order valence-corrected chi connectivity index (χ4v) is 2.82. The van der Waals surface area contributed by atoms with Gasteiger partial charge in [0.25, 0.3) is 0 Å². The third-order valence-corrected chi connectivity index (χ3v) is 4.49. The first-order valence-corrected chi connectivity index (χ1v) is 7.70. The Morgan fingerprint density at radius 1 is 1.58 bits per heavy atom. The Kier molecular flexibility index (Phi) is 6.65. The highest BCUT2D eigenvalue weighted by atomic mass is 79.9. The summed E-state index contributed by atoms with van der Waals surface area (Å²) in [5, 5.41) is -0.363. The van der Waals surface area contributed by atoms with Gasteiger partial charge in [-0.1, -0.05) is 13.3 Å². The number of benzene rings is 1. The minimum atomic E-state index is -0.477. The summed E-state index contributed by atoms with van der Waals surface area (Å²) >= 11 is 4.55. The van der Waals surface area contributed by atoms with Crippen LogP contribution >= 0.6 is 27.7 Å². The largest absolute Gasteiger partial charge is 0.465 e. The van der Waals surface area contributed by atoms with Gasteiger partial charge in [-0.2, -0.15) is 0 Å². The Morgan fingerprint density at radius 2 is 2.26 bits per heavy atom. The molecule has 1 rings (SSSR count). The highest BCUT2D eigenvalue weighted by molar-refractivity contribution is 9.10. The lowest BCUT2D eigenvalue weighted by molar-refractivity contribution is -0.142. The first-order valence-electron chi connectivity index (χ1n) is 6.03. The van der Waals surface area contributed by atoms with Crippen LogP contribution in [0.15, 0.2) is 21.5 Å². The third-order valence-electron chi connectivity index (χ3n) is 2.43. The fraction of sp³-hybridized carbons (Fsp3) is 0.462. The van der Waals surface area contributed by atoms with Crippen molar-refractivity contribution in [1.82, 2.24) is 0 Å². The van der Waals surface area contributed by atoms with E-state index in [1.807, 2.05) is 6.92 Å². The molecule has 0 bridgehead atoms. The van der Waals surface area contributed by atoms with Gasteiger partial charge in [0.1, 0.15) is 11.1 Å². The standard InChI is InChI=1S/C13H17BrFNO2S/c1-3-4-5-18-13(17)8(2)19-12-7-11(16)10(15)6-9(12)14/h6-8H,3-5,16H2,1-2H3. The average Bonchev–Trinajstić information content (AvgIpc) is 2.36. The van der Waals surface area contributed by atoms with Gasteiger partial charge in [0.05, 0.1) is 12.3 Å². The van der Waals surface area contributed by atoms with Gasteiger partial charge in [-0.25, -0.2) is 4.39 Å². The Morgan fingerprint density at radius 3 is 2.89 bits per heavy atom. The summed E-state index contributed by atoms with van der Waals surface area (Å²) in [6, 6.07) is 2.81. The first-order chi connectivity index (χ1) is 8.95. The Hall–Kier alpha value is -0.750. The van der Waals surface area contributed by atoms with E-state index in [4.69, 9.17) is 10.5 Å². The van der Waals surface area contributed by atoms with E-state index in [0.717, 1.165) is 17.7 Å². The predicted octanol–water partition coefficient (Wildman–Crippen LogP) is 3.99. The second-order valence-corrected chi connectivity index (χ2v) is 6.32. The number of esters is 1. The van der Waals surface area contributed by atoms with E-state index in [2.05, 4.69) is 15.9 Å². The number of halogens is 2. The molecular formula is C13H17BrFNO2S. The van der Waals surface area contributed by atoms with E-state index in [-0.39, 0.29) is 16.9 Å². The topological polar surface area (TPSA) is 52.3 Å². The molecule has 1 atom stereocenters. The number of thioether (sulfide) groups is 1. The fourth-order valence-electron chi connectivity index (χ4n) is 1.31. The van der Waals surface area contributed by atoms with E-state index < -0.39 is 5.82 Å². The zero-order valence-electron chi connectivity index (χ0n) is 10.9. The second-order valence-electron chi connectivity index (χ2n) is 4.09. The molecule has 0 aromatic heterocycles. The van der Waals surface area contributed by atoms with Gasteiger partial charge >= 0.3 is 5.97 Å². The van der Waals surface area contributed by atoms with Gasteiger partial charge in [-0.05, 0) is 41.4 Å². The average molecular weight is 350 g/mol. The summed E-state index contributed by atoms with van der Waals surface area (Å²) < 4.78 is 18.9. The number of nitrogen functional groups attached to an aromatic ring is 1. The Bertz CT molecular complexity index is 457. The van der Waals surface area contributed by atoms with Crippen LogP contribution in [0.25, 0.3) is 0 Å².